The molecule has 4 rings (SSSR count). The summed E-state index contributed by atoms with van der Waals surface area (Å²) in [4.78, 5) is 4.92. The van der Waals surface area contributed by atoms with Crippen LogP contribution in [0.15, 0.2) is 53.5 Å². The molecular formula is C25H27NO. The largest absolute Gasteiger partial charge is 0.507 e. The second kappa shape index (κ2) is 7.56. The van der Waals surface area contributed by atoms with Gasteiger partial charge in [0.05, 0.1) is 5.69 Å². The topological polar surface area (TPSA) is 32.6 Å². The van der Waals surface area contributed by atoms with E-state index in [9.17, 15) is 5.11 Å². The Hall–Kier alpha value is -2.61. The van der Waals surface area contributed by atoms with Crippen LogP contribution >= 0.6 is 0 Å². The highest BCUT2D eigenvalue weighted by molar-refractivity contribution is 6.03. The van der Waals surface area contributed by atoms with Gasteiger partial charge in [0, 0.05) is 11.8 Å². The predicted octanol–water partition coefficient (Wildman–Crippen LogP) is 6.96. The van der Waals surface area contributed by atoms with Gasteiger partial charge in [-0.15, -0.1) is 0 Å². The number of hydrogen-bond acceptors (Lipinski definition) is 2. The molecular weight excluding hydrogens is 330 g/mol. The number of phenols is 1. The van der Waals surface area contributed by atoms with E-state index in [2.05, 4.69) is 32.0 Å². The monoisotopic (exact) mass is 357 g/mol. The van der Waals surface area contributed by atoms with E-state index in [1.54, 1.807) is 6.07 Å². The summed E-state index contributed by atoms with van der Waals surface area (Å²) < 4.78 is 0. The van der Waals surface area contributed by atoms with E-state index in [4.69, 9.17) is 4.99 Å². The normalized spacial score (nSPS) is 15.6. The molecule has 0 heterocycles. The average Bonchev–Trinajstić information content (AvgIpc) is 2.68. The van der Waals surface area contributed by atoms with Gasteiger partial charge in [-0.25, -0.2) is 0 Å². The number of phenolic OH excluding ortho intramolecular Hbond substituents is 1. The van der Waals surface area contributed by atoms with Gasteiger partial charge >= 0.3 is 0 Å². The summed E-state index contributed by atoms with van der Waals surface area (Å²) in [5.41, 5.74) is 5.78. The molecule has 0 spiro atoms. The zero-order valence-electron chi connectivity index (χ0n) is 16.2. The molecule has 2 nitrogen and oxygen atoms in total. The Morgan fingerprint density at radius 3 is 2.56 bits per heavy atom. The summed E-state index contributed by atoms with van der Waals surface area (Å²) in [6.07, 6.45) is 8.33. The van der Waals surface area contributed by atoms with Crippen LogP contribution in [0.2, 0.25) is 0 Å². The van der Waals surface area contributed by atoms with Gasteiger partial charge in [0.25, 0.3) is 0 Å². The zero-order chi connectivity index (χ0) is 18.8. The molecule has 1 saturated carbocycles. The Kier molecular flexibility index (Phi) is 4.98. The SMILES string of the molecule is Cc1cc(C)c(N=Cc2c(O)ccc3ccccc23)c(C2CCCCC2)c1. The number of aryl methyl sites for hydroxylation is 2. The lowest BCUT2D eigenvalue weighted by Crippen LogP contribution is -2.06. The van der Waals surface area contributed by atoms with Crippen LogP contribution in [0.4, 0.5) is 5.69 Å². The van der Waals surface area contributed by atoms with E-state index in [0.717, 1.165) is 22.0 Å². The molecule has 1 aliphatic rings. The van der Waals surface area contributed by atoms with Crippen molar-refractivity contribution in [1.29, 1.82) is 0 Å². The fourth-order valence-corrected chi connectivity index (χ4v) is 4.44. The number of hydrogen-bond donors (Lipinski definition) is 1. The summed E-state index contributed by atoms with van der Waals surface area (Å²) in [6.45, 7) is 4.32. The molecule has 1 N–H and O–H groups in total. The van der Waals surface area contributed by atoms with Crippen LogP contribution in [0.1, 0.15) is 60.3 Å². The molecule has 0 radical (unpaired) electrons. The molecule has 0 bridgehead atoms. The van der Waals surface area contributed by atoms with E-state index in [1.165, 1.54) is 48.8 Å². The van der Waals surface area contributed by atoms with Crippen LogP contribution in [-0.2, 0) is 0 Å². The minimum Gasteiger partial charge on any atom is -0.507 e. The first-order valence-electron chi connectivity index (χ1n) is 9.99. The number of fused-ring (bicyclic) bond motifs is 1. The molecule has 0 amide bonds. The molecule has 1 aliphatic carbocycles. The van der Waals surface area contributed by atoms with Gasteiger partial charge in [0.1, 0.15) is 5.75 Å². The Bertz CT molecular complexity index is 997. The molecule has 3 aromatic rings. The summed E-state index contributed by atoms with van der Waals surface area (Å²) in [5.74, 6) is 0.882. The van der Waals surface area contributed by atoms with Gasteiger partial charge in [0.15, 0.2) is 0 Å². The zero-order valence-corrected chi connectivity index (χ0v) is 16.2. The maximum absolute atomic E-state index is 10.4. The third kappa shape index (κ3) is 3.62. The van der Waals surface area contributed by atoms with Gasteiger partial charge in [-0.2, -0.15) is 0 Å². The lowest BCUT2D eigenvalue weighted by atomic mass is 9.82. The molecule has 138 valence electrons. The Labute approximate surface area is 161 Å². The molecule has 1 fully saturated rings. The number of nitrogens with zero attached hydrogens (tertiary/aromatic N) is 1. The molecule has 0 unspecified atom stereocenters. The Balaban J connectivity index is 1.80. The Morgan fingerprint density at radius 2 is 1.74 bits per heavy atom. The van der Waals surface area contributed by atoms with Crippen LogP contribution < -0.4 is 0 Å². The second-order valence-electron chi connectivity index (χ2n) is 7.83. The maximum Gasteiger partial charge on any atom is 0.124 e. The summed E-state index contributed by atoms with van der Waals surface area (Å²) >= 11 is 0. The predicted molar refractivity (Wildman–Crippen MR) is 115 cm³/mol. The van der Waals surface area contributed by atoms with E-state index < -0.39 is 0 Å². The van der Waals surface area contributed by atoms with Crippen LogP contribution in [0.25, 0.3) is 10.8 Å². The van der Waals surface area contributed by atoms with Crippen molar-refractivity contribution in [3.05, 3.63) is 70.8 Å². The smallest absolute Gasteiger partial charge is 0.124 e. The average molecular weight is 357 g/mol. The first-order chi connectivity index (χ1) is 13.1. The highest BCUT2D eigenvalue weighted by atomic mass is 16.3. The third-order valence-electron chi connectivity index (χ3n) is 5.79. The van der Waals surface area contributed by atoms with Crippen LogP contribution in [-0.4, -0.2) is 11.3 Å². The van der Waals surface area contributed by atoms with Gasteiger partial charge < -0.3 is 5.11 Å². The van der Waals surface area contributed by atoms with Crippen LogP contribution in [0.3, 0.4) is 0 Å². The van der Waals surface area contributed by atoms with E-state index >= 15 is 0 Å². The summed E-state index contributed by atoms with van der Waals surface area (Å²) in [6, 6.07) is 16.4. The van der Waals surface area contributed by atoms with Crippen molar-refractivity contribution in [3.8, 4) is 5.75 Å². The third-order valence-corrected chi connectivity index (χ3v) is 5.79. The van der Waals surface area contributed by atoms with Crippen molar-refractivity contribution in [1.82, 2.24) is 0 Å². The Morgan fingerprint density at radius 1 is 0.963 bits per heavy atom. The van der Waals surface area contributed by atoms with Crippen LogP contribution in [0, 0.1) is 13.8 Å². The first-order valence-corrected chi connectivity index (χ1v) is 9.99. The molecule has 3 aromatic carbocycles. The standard InChI is InChI=1S/C25H27NO/c1-17-14-18(2)25(22(15-17)19-8-4-3-5-9-19)26-16-23-21-11-7-6-10-20(21)12-13-24(23)27/h6-7,10-16,19,27H,3-5,8-9H2,1-2H3. The quantitative estimate of drug-likeness (QED) is 0.505. The highest BCUT2D eigenvalue weighted by Gasteiger charge is 2.20. The number of aliphatic imine (C=N–C) groups is 1. The fourth-order valence-electron chi connectivity index (χ4n) is 4.44. The minimum atomic E-state index is 0.279. The highest BCUT2D eigenvalue weighted by Crippen LogP contribution is 2.40. The number of benzene rings is 3. The molecule has 0 aliphatic heterocycles. The second-order valence-corrected chi connectivity index (χ2v) is 7.83. The molecule has 0 atom stereocenters. The summed E-state index contributed by atoms with van der Waals surface area (Å²) in [5, 5.41) is 12.6. The molecule has 27 heavy (non-hydrogen) atoms. The maximum atomic E-state index is 10.4. The van der Waals surface area contributed by atoms with Crippen molar-refractivity contribution < 1.29 is 5.11 Å². The van der Waals surface area contributed by atoms with Crippen molar-refractivity contribution in [2.45, 2.75) is 51.9 Å². The minimum absolute atomic E-state index is 0.279. The van der Waals surface area contributed by atoms with Gasteiger partial charge in [-0.05, 0) is 60.6 Å². The van der Waals surface area contributed by atoms with Crippen molar-refractivity contribution in [2.24, 2.45) is 4.99 Å². The van der Waals surface area contributed by atoms with Crippen molar-refractivity contribution >= 4 is 22.7 Å². The van der Waals surface area contributed by atoms with Gasteiger partial charge in [-0.1, -0.05) is 67.3 Å². The fraction of sp³-hybridized carbons (Fsp3) is 0.320. The van der Waals surface area contributed by atoms with Gasteiger partial charge in [0.2, 0.25) is 0 Å². The van der Waals surface area contributed by atoms with Crippen molar-refractivity contribution in [3.63, 3.8) is 0 Å². The molecule has 0 aromatic heterocycles. The van der Waals surface area contributed by atoms with Gasteiger partial charge in [-0.3, -0.25) is 4.99 Å². The molecule has 2 heteroatoms. The van der Waals surface area contributed by atoms with Crippen LogP contribution in [0.5, 0.6) is 5.75 Å². The number of aromatic hydroxyl groups is 1. The lowest BCUT2D eigenvalue weighted by molar-refractivity contribution is 0.444. The number of rotatable bonds is 3. The lowest BCUT2D eigenvalue weighted by Gasteiger charge is -2.24. The summed E-state index contributed by atoms with van der Waals surface area (Å²) in [7, 11) is 0. The molecule has 0 saturated heterocycles. The first kappa shape index (κ1) is 17.8. The van der Waals surface area contributed by atoms with E-state index in [0.29, 0.717) is 5.92 Å². The van der Waals surface area contributed by atoms with E-state index in [1.807, 2.05) is 30.5 Å². The van der Waals surface area contributed by atoms with E-state index in [-0.39, 0.29) is 5.75 Å². The van der Waals surface area contributed by atoms with Crippen molar-refractivity contribution in [2.75, 3.05) is 0 Å².